The van der Waals surface area contributed by atoms with Gasteiger partial charge in [0.25, 0.3) is 5.69 Å². The first-order chi connectivity index (χ1) is 9.15. The zero-order valence-corrected chi connectivity index (χ0v) is 10.3. The molecule has 0 unspecified atom stereocenters. The van der Waals surface area contributed by atoms with E-state index in [1.807, 2.05) is 0 Å². The number of nitrogens with one attached hydrogen (secondary N) is 1. The maximum Gasteiger partial charge on any atom is 0.340 e. The topological polar surface area (TPSA) is 85.2 Å². The molecule has 0 aliphatic rings. The molecule has 1 aromatic heterocycles. The Morgan fingerprint density at radius 2 is 2.11 bits per heavy atom. The van der Waals surface area contributed by atoms with E-state index in [0.717, 1.165) is 0 Å². The molecule has 0 atom stereocenters. The number of benzene rings is 1. The van der Waals surface area contributed by atoms with E-state index in [2.05, 4.69) is 4.98 Å². The number of carbonyl (C=O) groups excluding carboxylic acids is 1. The number of hydrogen-bond donors (Lipinski definition) is 1. The Kier molecular flexibility index (Phi) is 3.61. The van der Waals surface area contributed by atoms with Crippen molar-refractivity contribution < 1.29 is 14.5 Å². The molecule has 6 nitrogen and oxygen atoms in total. The molecule has 0 saturated carbocycles. The molecular weight excluding hydrogens is 248 g/mol. The Labute approximate surface area is 109 Å². The fourth-order valence-corrected chi connectivity index (χ4v) is 1.82. The highest BCUT2D eigenvalue weighted by atomic mass is 16.6. The average molecular weight is 260 g/mol. The van der Waals surface area contributed by atoms with Crippen LogP contribution in [0.15, 0.2) is 36.5 Å². The highest BCUT2D eigenvalue weighted by Gasteiger charge is 2.21. The Morgan fingerprint density at radius 1 is 1.37 bits per heavy atom. The molecule has 0 aliphatic heterocycles. The molecule has 0 amide bonds. The van der Waals surface area contributed by atoms with Gasteiger partial charge in [0.15, 0.2) is 0 Å². The third-order valence-electron chi connectivity index (χ3n) is 2.61. The van der Waals surface area contributed by atoms with Gasteiger partial charge in [-0.25, -0.2) is 4.79 Å². The number of nitro benzene ring substituents is 1. The van der Waals surface area contributed by atoms with E-state index < -0.39 is 10.9 Å². The van der Waals surface area contributed by atoms with Crippen LogP contribution in [-0.2, 0) is 4.74 Å². The van der Waals surface area contributed by atoms with Crippen LogP contribution in [-0.4, -0.2) is 22.5 Å². The van der Waals surface area contributed by atoms with Gasteiger partial charge in [-0.05, 0) is 19.1 Å². The first-order valence-corrected chi connectivity index (χ1v) is 5.73. The summed E-state index contributed by atoms with van der Waals surface area (Å²) in [4.78, 5) is 25.1. The summed E-state index contributed by atoms with van der Waals surface area (Å²) in [6.45, 7) is 1.95. The smallest absolute Gasteiger partial charge is 0.340 e. The molecule has 0 aliphatic carbocycles. The predicted molar refractivity (Wildman–Crippen MR) is 68.8 cm³/mol. The number of hydrogen-bond acceptors (Lipinski definition) is 4. The van der Waals surface area contributed by atoms with Crippen LogP contribution in [0.25, 0.3) is 11.3 Å². The van der Waals surface area contributed by atoms with Crippen molar-refractivity contribution in [1.29, 1.82) is 0 Å². The number of carbonyl (C=O) groups is 1. The van der Waals surface area contributed by atoms with Crippen molar-refractivity contribution in [3.63, 3.8) is 0 Å². The molecule has 2 rings (SSSR count). The molecule has 98 valence electrons. The zero-order valence-electron chi connectivity index (χ0n) is 10.3. The molecule has 2 aromatic rings. The van der Waals surface area contributed by atoms with Crippen LogP contribution in [0.3, 0.4) is 0 Å². The number of nitro groups is 1. The van der Waals surface area contributed by atoms with E-state index in [4.69, 9.17) is 4.74 Å². The molecule has 0 fully saturated rings. The Balaban J connectivity index is 2.52. The van der Waals surface area contributed by atoms with E-state index in [1.54, 1.807) is 37.4 Å². The molecule has 1 aromatic carbocycles. The van der Waals surface area contributed by atoms with Gasteiger partial charge in [-0.15, -0.1) is 0 Å². The lowest BCUT2D eigenvalue weighted by Gasteiger charge is -2.05. The van der Waals surface area contributed by atoms with Crippen molar-refractivity contribution in [3.8, 4) is 11.3 Å². The minimum absolute atomic E-state index is 0.0597. The molecular formula is C13H12N2O4. The van der Waals surface area contributed by atoms with Crippen LogP contribution in [0.5, 0.6) is 0 Å². The molecule has 0 bridgehead atoms. The predicted octanol–water partition coefficient (Wildman–Crippen LogP) is 2.77. The quantitative estimate of drug-likeness (QED) is 0.520. The van der Waals surface area contributed by atoms with Gasteiger partial charge in [0.1, 0.15) is 0 Å². The molecule has 0 saturated heterocycles. The molecule has 0 radical (unpaired) electrons. The summed E-state index contributed by atoms with van der Waals surface area (Å²) < 4.78 is 4.92. The van der Waals surface area contributed by atoms with Crippen molar-refractivity contribution in [2.24, 2.45) is 0 Å². The number of H-pyrrole nitrogens is 1. The third kappa shape index (κ3) is 2.47. The maximum absolute atomic E-state index is 11.8. The van der Waals surface area contributed by atoms with Gasteiger partial charge in [-0.3, -0.25) is 10.1 Å². The lowest BCUT2D eigenvalue weighted by molar-refractivity contribution is -0.384. The number of ether oxygens (including phenoxy) is 1. The standard InChI is InChI=1S/C13H12N2O4/c1-2-19-13(16)10-7-8-14-12(10)9-5-3-4-6-11(9)15(17)18/h3-8,14H,2H2,1H3. The van der Waals surface area contributed by atoms with Gasteiger partial charge in [-0.1, -0.05) is 12.1 Å². The maximum atomic E-state index is 11.8. The van der Waals surface area contributed by atoms with Gasteiger partial charge in [-0.2, -0.15) is 0 Å². The van der Waals surface area contributed by atoms with Crippen molar-refractivity contribution in [1.82, 2.24) is 4.98 Å². The average Bonchev–Trinajstić information content (AvgIpc) is 2.88. The van der Waals surface area contributed by atoms with Crippen LogP contribution in [0.4, 0.5) is 5.69 Å². The Morgan fingerprint density at radius 3 is 2.79 bits per heavy atom. The summed E-state index contributed by atoms with van der Waals surface area (Å²) >= 11 is 0. The molecule has 1 N–H and O–H groups in total. The first kappa shape index (κ1) is 12.8. The molecule has 19 heavy (non-hydrogen) atoms. The lowest BCUT2D eigenvalue weighted by atomic mass is 10.1. The van der Waals surface area contributed by atoms with Crippen LogP contribution in [0, 0.1) is 10.1 Å². The number of aromatic nitrogens is 1. The third-order valence-corrected chi connectivity index (χ3v) is 2.61. The van der Waals surface area contributed by atoms with Gasteiger partial charge in [0.05, 0.1) is 28.4 Å². The molecule has 1 heterocycles. The number of esters is 1. The van der Waals surface area contributed by atoms with Crippen LogP contribution in [0.2, 0.25) is 0 Å². The van der Waals surface area contributed by atoms with Gasteiger partial charge >= 0.3 is 5.97 Å². The van der Waals surface area contributed by atoms with Gasteiger partial charge in [0.2, 0.25) is 0 Å². The van der Waals surface area contributed by atoms with Crippen LogP contribution < -0.4 is 0 Å². The first-order valence-electron chi connectivity index (χ1n) is 5.73. The monoisotopic (exact) mass is 260 g/mol. The normalized spacial score (nSPS) is 10.2. The fraction of sp³-hybridized carbons (Fsp3) is 0.154. The van der Waals surface area contributed by atoms with Crippen molar-refractivity contribution in [3.05, 3.63) is 52.2 Å². The van der Waals surface area contributed by atoms with Crippen molar-refractivity contribution in [2.75, 3.05) is 6.61 Å². The highest BCUT2D eigenvalue weighted by molar-refractivity contribution is 5.97. The number of rotatable bonds is 4. The summed E-state index contributed by atoms with van der Waals surface area (Å²) in [5, 5.41) is 11.0. The summed E-state index contributed by atoms with van der Waals surface area (Å²) in [5.74, 6) is -0.503. The largest absolute Gasteiger partial charge is 0.462 e. The minimum atomic E-state index is -0.503. The Bertz CT molecular complexity index is 619. The molecule has 6 heteroatoms. The zero-order chi connectivity index (χ0) is 13.8. The number of para-hydroxylation sites is 1. The SMILES string of the molecule is CCOC(=O)c1cc[nH]c1-c1ccccc1[N+](=O)[O-]. The van der Waals surface area contributed by atoms with Crippen molar-refractivity contribution in [2.45, 2.75) is 6.92 Å². The summed E-state index contributed by atoms with van der Waals surface area (Å²) in [7, 11) is 0. The van der Waals surface area contributed by atoms with Crippen LogP contribution >= 0.6 is 0 Å². The Hall–Kier alpha value is -2.63. The fourth-order valence-electron chi connectivity index (χ4n) is 1.82. The number of nitrogens with zero attached hydrogens (tertiary/aromatic N) is 1. The summed E-state index contributed by atoms with van der Waals surface area (Å²) in [6.07, 6.45) is 1.55. The van der Waals surface area contributed by atoms with Gasteiger partial charge in [0, 0.05) is 12.3 Å². The number of aromatic amines is 1. The van der Waals surface area contributed by atoms with E-state index in [1.165, 1.54) is 6.07 Å². The van der Waals surface area contributed by atoms with E-state index in [9.17, 15) is 14.9 Å². The molecule has 0 spiro atoms. The second-order valence-corrected chi connectivity index (χ2v) is 3.76. The van der Waals surface area contributed by atoms with E-state index in [0.29, 0.717) is 11.3 Å². The van der Waals surface area contributed by atoms with Gasteiger partial charge < -0.3 is 9.72 Å². The second kappa shape index (κ2) is 5.34. The highest BCUT2D eigenvalue weighted by Crippen LogP contribution is 2.31. The van der Waals surface area contributed by atoms with E-state index in [-0.39, 0.29) is 17.9 Å². The van der Waals surface area contributed by atoms with Crippen LogP contribution in [0.1, 0.15) is 17.3 Å². The summed E-state index contributed by atoms with van der Waals surface area (Å²) in [6, 6.07) is 7.79. The van der Waals surface area contributed by atoms with E-state index >= 15 is 0 Å². The summed E-state index contributed by atoms with van der Waals surface area (Å²) in [5.41, 5.74) is 0.984. The lowest BCUT2D eigenvalue weighted by Crippen LogP contribution is -2.05. The van der Waals surface area contributed by atoms with Crippen molar-refractivity contribution >= 4 is 11.7 Å². The second-order valence-electron chi connectivity index (χ2n) is 3.76. The minimum Gasteiger partial charge on any atom is -0.462 e.